The Morgan fingerprint density at radius 2 is 1.41 bits per heavy atom. The molecule has 134 valence electrons. The molecule has 0 N–H and O–H groups in total. The number of carbonyl (C=O) groups excluding carboxylic acids is 2. The molecule has 3 aromatic carbocycles. The van der Waals surface area contributed by atoms with E-state index in [1.165, 1.54) is 6.08 Å². The van der Waals surface area contributed by atoms with E-state index in [1.807, 2.05) is 18.2 Å². The van der Waals surface area contributed by atoms with Crippen LogP contribution >= 0.6 is 23.2 Å². The molecule has 3 nitrogen and oxygen atoms in total. The van der Waals surface area contributed by atoms with Crippen molar-refractivity contribution in [2.45, 2.75) is 0 Å². The van der Waals surface area contributed by atoms with E-state index in [4.69, 9.17) is 27.9 Å². The predicted octanol–water partition coefficient (Wildman–Crippen LogP) is 6.11. The molecule has 3 rings (SSSR count). The van der Waals surface area contributed by atoms with Crippen molar-refractivity contribution >= 4 is 41.0 Å². The molecule has 0 spiro atoms. The maximum atomic E-state index is 12.3. The average Bonchev–Trinajstić information content (AvgIpc) is 2.68. The molecule has 0 aromatic heterocycles. The molecule has 0 aliphatic rings. The molecule has 0 bridgehead atoms. The Bertz CT molecular complexity index is 1010. The smallest absolute Gasteiger partial charge is 0.345 e. The minimum absolute atomic E-state index is 0.182. The van der Waals surface area contributed by atoms with Crippen LogP contribution in [0.25, 0.3) is 6.08 Å². The summed E-state index contributed by atoms with van der Waals surface area (Å²) in [6.45, 7) is 0. The molecule has 0 aliphatic heterocycles. The fraction of sp³-hybridized carbons (Fsp3) is 0. The lowest BCUT2D eigenvalue weighted by atomic mass is 10.1. The molecule has 27 heavy (non-hydrogen) atoms. The fourth-order valence-electron chi connectivity index (χ4n) is 2.35. The van der Waals surface area contributed by atoms with Crippen LogP contribution in [0.5, 0.6) is 5.75 Å². The highest BCUT2D eigenvalue weighted by molar-refractivity contribution is 6.33. The maximum absolute atomic E-state index is 12.3. The van der Waals surface area contributed by atoms with Crippen molar-refractivity contribution in [3.05, 3.63) is 106 Å². The van der Waals surface area contributed by atoms with Crippen LogP contribution < -0.4 is 4.74 Å². The van der Waals surface area contributed by atoms with Gasteiger partial charge >= 0.3 is 5.97 Å². The van der Waals surface area contributed by atoms with Gasteiger partial charge in [-0.2, -0.15) is 0 Å². The number of allylic oxidation sites excluding steroid dienone is 1. The zero-order valence-electron chi connectivity index (χ0n) is 14.1. The molecule has 0 fully saturated rings. The van der Waals surface area contributed by atoms with Gasteiger partial charge in [0, 0.05) is 10.6 Å². The Kier molecular flexibility index (Phi) is 6.07. The minimum atomic E-state index is -0.557. The first-order chi connectivity index (χ1) is 13.0. The van der Waals surface area contributed by atoms with E-state index < -0.39 is 5.97 Å². The summed E-state index contributed by atoms with van der Waals surface area (Å²) in [4.78, 5) is 24.4. The van der Waals surface area contributed by atoms with Crippen LogP contribution in [0.15, 0.2) is 78.9 Å². The van der Waals surface area contributed by atoms with Gasteiger partial charge in [-0.05, 0) is 60.2 Å². The second-order valence-electron chi connectivity index (χ2n) is 5.61. The van der Waals surface area contributed by atoms with Crippen LogP contribution in [0.1, 0.15) is 26.3 Å². The van der Waals surface area contributed by atoms with Crippen LogP contribution in [0.2, 0.25) is 10.0 Å². The van der Waals surface area contributed by atoms with Crippen molar-refractivity contribution in [3.63, 3.8) is 0 Å². The SMILES string of the molecule is O=C(C=Cc1ccccc1Cl)c1ccc(OC(=O)c2ccccc2Cl)cc1. The van der Waals surface area contributed by atoms with Crippen molar-refractivity contribution < 1.29 is 14.3 Å². The molecular formula is C22H14Cl2O3. The molecular weight excluding hydrogens is 383 g/mol. The lowest BCUT2D eigenvalue weighted by molar-refractivity contribution is 0.0735. The van der Waals surface area contributed by atoms with Gasteiger partial charge in [0.1, 0.15) is 5.75 Å². The lowest BCUT2D eigenvalue weighted by Gasteiger charge is -2.06. The van der Waals surface area contributed by atoms with Gasteiger partial charge in [0.25, 0.3) is 0 Å². The molecule has 0 saturated carbocycles. The zero-order chi connectivity index (χ0) is 19.2. The van der Waals surface area contributed by atoms with Gasteiger partial charge in [-0.3, -0.25) is 4.79 Å². The molecule has 0 saturated heterocycles. The number of carbonyl (C=O) groups is 2. The Hall–Kier alpha value is -2.88. The van der Waals surface area contributed by atoms with E-state index in [9.17, 15) is 9.59 Å². The van der Waals surface area contributed by atoms with Gasteiger partial charge in [0.2, 0.25) is 0 Å². The molecule has 3 aromatic rings. The molecule has 0 heterocycles. The third-order valence-corrected chi connectivity index (χ3v) is 4.44. The van der Waals surface area contributed by atoms with Crippen LogP contribution in [0.4, 0.5) is 0 Å². The van der Waals surface area contributed by atoms with Gasteiger partial charge in [-0.1, -0.05) is 53.5 Å². The summed E-state index contributed by atoms with van der Waals surface area (Å²) in [7, 11) is 0. The van der Waals surface area contributed by atoms with Gasteiger partial charge < -0.3 is 4.74 Å². The quantitative estimate of drug-likeness (QED) is 0.226. The molecule has 0 atom stereocenters. The van der Waals surface area contributed by atoms with Crippen LogP contribution in [-0.4, -0.2) is 11.8 Å². The van der Waals surface area contributed by atoms with E-state index >= 15 is 0 Å². The number of esters is 1. The Labute approximate surface area is 166 Å². The highest BCUT2D eigenvalue weighted by Crippen LogP contribution is 2.20. The van der Waals surface area contributed by atoms with Gasteiger partial charge in [-0.25, -0.2) is 4.79 Å². The highest BCUT2D eigenvalue weighted by atomic mass is 35.5. The third kappa shape index (κ3) is 4.85. The average molecular weight is 397 g/mol. The number of ether oxygens (including phenoxy) is 1. The van der Waals surface area contributed by atoms with E-state index in [2.05, 4.69) is 0 Å². The molecule has 0 unspecified atom stereocenters. The Balaban J connectivity index is 1.68. The third-order valence-electron chi connectivity index (χ3n) is 3.76. The number of hydrogen-bond donors (Lipinski definition) is 0. The first-order valence-electron chi connectivity index (χ1n) is 8.08. The largest absolute Gasteiger partial charge is 0.423 e. The van der Waals surface area contributed by atoms with Crippen molar-refractivity contribution in [3.8, 4) is 5.75 Å². The number of ketones is 1. The molecule has 5 heteroatoms. The van der Waals surface area contributed by atoms with Crippen molar-refractivity contribution in [1.82, 2.24) is 0 Å². The maximum Gasteiger partial charge on any atom is 0.345 e. The van der Waals surface area contributed by atoms with E-state index in [0.29, 0.717) is 21.4 Å². The Morgan fingerprint density at radius 3 is 2.07 bits per heavy atom. The highest BCUT2D eigenvalue weighted by Gasteiger charge is 2.12. The van der Waals surface area contributed by atoms with E-state index in [0.717, 1.165) is 5.56 Å². The number of rotatable bonds is 5. The number of benzene rings is 3. The summed E-state index contributed by atoms with van der Waals surface area (Å²) in [5.74, 6) is -0.413. The summed E-state index contributed by atoms with van der Waals surface area (Å²) < 4.78 is 5.29. The Morgan fingerprint density at radius 1 is 0.778 bits per heavy atom. The summed E-state index contributed by atoms with van der Waals surface area (Å²) in [6, 6.07) is 20.2. The van der Waals surface area contributed by atoms with Crippen molar-refractivity contribution in [1.29, 1.82) is 0 Å². The summed E-state index contributed by atoms with van der Waals surface area (Å²) in [5.41, 5.74) is 1.51. The first kappa shape index (κ1) is 18.9. The lowest BCUT2D eigenvalue weighted by Crippen LogP contribution is -2.09. The summed E-state index contributed by atoms with van der Waals surface area (Å²) in [5, 5.41) is 0.891. The zero-order valence-corrected chi connectivity index (χ0v) is 15.6. The van der Waals surface area contributed by atoms with Crippen LogP contribution in [0, 0.1) is 0 Å². The van der Waals surface area contributed by atoms with Crippen molar-refractivity contribution in [2.75, 3.05) is 0 Å². The molecule has 0 radical (unpaired) electrons. The summed E-state index contributed by atoms with van der Waals surface area (Å²) >= 11 is 12.1. The summed E-state index contributed by atoms with van der Waals surface area (Å²) in [6.07, 6.45) is 3.11. The van der Waals surface area contributed by atoms with Crippen molar-refractivity contribution in [2.24, 2.45) is 0 Å². The normalized spacial score (nSPS) is 10.7. The van der Waals surface area contributed by atoms with Gasteiger partial charge in [0.15, 0.2) is 5.78 Å². The van der Waals surface area contributed by atoms with Gasteiger partial charge in [0.05, 0.1) is 10.6 Å². The topological polar surface area (TPSA) is 43.4 Å². The van der Waals surface area contributed by atoms with E-state index in [-0.39, 0.29) is 11.3 Å². The van der Waals surface area contributed by atoms with Crippen LogP contribution in [-0.2, 0) is 0 Å². The molecule has 0 amide bonds. The number of hydrogen-bond acceptors (Lipinski definition) is 3. The standard InChI is InChI=1S/C22H14Cl2O3/c23-19-7-3-1-5-15(19)11-14-21(25)16-9-12-17(13-10-16)27-22(26)18-6-2-4-8-20(18)24/h1-14H. The number of halogens is 2. The van der Waals surface area contributed by atoms with E-state index in [1.54, 1.807) is 60.7 Å². The van der Waals surface area contributed by atoms with Gasteiger partial charge in [-0.15, -0.1) is 0 Å². The second kappa shape index (κ2) is 8.67. The second-order valence-corrected chi connectivity index (χ2v) is 6.43. The van der Waals surface area contributed by atoms with Crippen LogP contribution in [0.3, 0.4) is 0 Å². The predicted molar refractivity (Wildman–Crippen MR) is 108 cm³/mol. The first-order valence-corrected chi connectivity index (χ1v) is 8.84. The monoisotopic (exact) mass is 396 g/mol. The molecule has 0 aliphatic carbocycles. The fourth-order valence-corrected chi connectivity index (χ4v) is 2.76. The minimum Gasteiger partial charge on any atom is -0.423 e.